The first-order chi connectivity index (χ1) is 9.29. The largest absolute Gasteiger partial charge is 0.476 e. The van der Waals surface area contributed by atoms with Crippen molar-refractivity contribution in [2.45, 2.75) is 32.1 Å². The maximum Gasteiger partial charge on any atom is 0.358 e. The summed E-state index contributed by atoms with van der Waals surface area (Å²) in [5.41, 5.74) is 0.210. The van der Waals surface area contributed by atoms with Crippen molar-refractivity contribution in [2.24, 2.45) is 0 Å². The molecular formula is C11H19N3O5S. The van der Waals surface area contributed by atoms with Crippen LogP contribution >= 0.6 is 0 Å². The summed E-state index contributed by atoms with van der Waals surface area (Å²) in [5, 5.41) is 15.8. The van der Waals surface area contributed by atoms with Crippen LogP contribution in [0.1, 0.15) is 30.0 Å². The van der Waals surface area contributed by atoms with Gasteiger partial charge in [0.2, 0.25) is 0 Å². The molecule has 1 aromatic rings. The molecule has 0 aliphatic carbocycles. The van der Waals surface area contributed by atoms with Crippen molar-refractivity contribution in [1.82, 2.24) is 15.0 Å². The summed E-state index contributed by atoms with van der Waals surface area (Å²) >= 11 is 0. The van der Waals surface area contributed by atoms with Gasteiger partial charge >= 0.3 is 5.97 Å². The molecule has 1 aromatic heterocycles. The average Bonchev–Trinajstić information content (AvgIpc) is 2.76. The van der Waals surface area contributed by atoms with Crippen LogP contribution in [0.2, 0.25) is 0 Å². The van der Waals surface area contributed by atoms with E-state index >= 15 is 0 Å². The number of hydrogen-bond donors (Lipinski definition) is 1. The van der Waals surface area contributed by atoms with E-state index in [1.54, 1.807) is 13.8 Å². The van der Waals surface area contributed by atoms with Gasteiger partial charge in [0.05, 0.1) is 29.8 Å². The van der Waals surface area contributed by atoms with Crippen molar-refractivity contribution < 1.29 is 23.1 Å². The number of carboxylic acids is 1. The maximum atomic E-state index is 11.8. The minimum Gasteiger partial charge on any atom is -0.476 e. The molecule has 20 heavy (non-hydrogen) atoms. The summed E-state index contributed by atoms with van der Waals surface area (Å²) in [6.45, 7) is 3.60. The van der Waals surface area contributed by atoms with Crippen molar-refractivity contribution in [3.63, 3.8) is 0 Å². The molecule has 114 valence electrons. The van der Waals surface area contributed by atoms with Crippen LogP contribution in [0, 0.1) is 0 Å². The van der Waals surface area contributed by atoms with E-state index in [-0.39, 0.29) is 18.0 Å². The van der Waals surface area contributed by atoms with E-state index < -0.39 is 21.1 Å². The van der Waals surface area contributed by atoms with Crippen LogP contribution in [-0.4, -0.2) is 59.2 Å². The van der Waals surface area contributed by atoms with Gasteiger partial charge in [-0.3, -0.25) is 0 Å². The van der Waals surface area contributed by atoms with Gasteiger partial charge in [-0.05, 0) is 13.8 Å². The zero-order chi connectivity index (χ0) is 15.3. The Morgan fingerprint density at radius 2 is 2.10 bits per heavy atom. The zero-order valence-electron chi connectivity index (χ0n) is 11.7. The fourth-order valence-corrected chi connectivity index (χ4v) is 2.47. The minimum absolute atomic E-state index is 0.0832. The Balaban J connectivity index is 2.92. The van der Waals surface area contributed by atoms with E-state index in [4.69, 9.17) is 9.84 Å². The fraction of sp³-hybridized carbons (Fsp3) is 0.727. The predicted molar refractivity (Wildman–Crippen MR) is 71.5 cm³/mol. The third-order valence-electron chi connectivity index (χ3n) is 2.89. The molecule has 0 aliphatic rings. The number of aromatic carboxylic acids is 1. The lowest BCUT2D eigenvalue weighted by Gasteiger charge is -2.09. The molecule has 0 amide bonds. The molecule has 0 fully saturated rings. The van der Waals surface area contributed by atoms with Crippen LogP contribution in [0.25, 0.3) is 0 Å². The molecule has 1 rings (SSSR count). The van der Waals surface area contributed by atoms with Crippen LogP contribution in [-0.2, 0) is 27.5 Å². The van der Waals surface area contributed by atoms with Crippen LogP contribution in [0.3, 0.4) is 0 Å². The lowest BCUT2D eigenvalue weighted by atomic mass is 10.2. The van der Waals surface area contributed by atoms with Crippen LogP contribution in [0.15, 0.2) is 0 Å². The number of hydrogen-bond acceptors (Lipinski definition) is 6. The molecule has 0 atom stereocenters. The van der Waals surface area contributed by atoms with E-state index in [1.165, 1.54) is 11.8 Å². The van der Waals surface area contributed by atoms with Crippen molar-refractivity contribution in [3.05, 3.63) is 11.4 Å². The van der Waals surface area contributed by atoms with Crippen molar-refractivity contribution in [2.75, 3.05) is 19.5 Å². The van der Waals surface area contributed by atoms with E-state index in [0.717, 1.165) is 0 Å². The molecule has 0 unspecified atom stereocenters. The first-order valence-corrected chi connectivity index (χ1v) is 7.87. The van der Waals surface area contributed by atoms with Gasteiger partial charge in [0.1, 0.15) is 0 Å². The quantitative estimate of drug-likeness (QED) is 0.718. The molecule has 0 saturated heterocycles. The number of carboxylic acid groups (broad SMARTS) is 1. The topological polar surface area (TPSA) is 111 Å². The molecule has 0 radical (unpaired) electrons. The van der Waals surface area contributed by atoms with Gasteiger partial charge in [-0.25, -0.2) is 17.9 Å². The highest BCUT2D eigenvalue weighted by Gasteiger charge is 2.21. The highest BCUT2D eigenvalue weighted by molar-refractivity contribution is 7.91. The lowest BCUT2D eigenvalue weighted by Crippen LogP contribution is -2.23. The molecule has 9 heteroatoms. The molecule has 0 aliphatic heterocycles. The number of sulfone groups is 1. The fourth-order valence-electron chi connectivity index (χ4n) is 1.57. The van der Waals surface area contributed by atoms with E-state index in [1.807, 2.05) is 0 Å². The van der Waals surface area contributed by atoms with Gasteiger partial charge in [-0.15, -0.1) is 5.10 Å². The average molecular weight is 305 g/mol. The molecule has 0 bridgehead atoms. The highest BCUT2D eigenvalue weighted by atomic mass is 32.2. The normalized spacial score (nSPS) is 12.0. The van der Waals surface area contributed by atoms with E-state index in [0.29, 0.717) is 18.7 Å². The molecule has 0 saturated carbocycles. The summed E-state index contributed by atoms with van der Waals surface area (Å²) in [6, 6.07) is 0. The van der Waals surface area contributed by atoms with Gasteiger partial charge in [0.15, 0.2) is 15.5 Å². The smallest absolute Gasteiger partial charge is 0.358 e. The molecular weight excluding hydrogens is 286 g/mol. The number of methoxy groups -OCH3 is 1. The number of aromatic nitrogens is 3. The summed E-state index contributed by atoms with van der Waals surface area (Å²) in [5.74, 6) is -1.29. The van der Waals surface area contributed by atoms with Crippen molar-refractivity contribution in [3.8, 4) is 0 Å². The Morgan fingerprint density at radius 1 is 1.45 bits per heavy atom. The first kappa shape index (κ1) is 16.6. The number of aryl methyl sites for hydroxylation is 1. The Morgan fingerprint density at radius 3 is 2.60 bits per heavy atom. The van der Waals surface area contributed by atoms with Gasteiger partial charge in [0, 0.05) is 13.5 Å². The summed E-state index contributed by atoms with van der Waals surface area (Å²) in [4.78, 5) is 11.0. The van der Waals surface area contributed by atoms with Crippen molar-refractivity contribution in [1.29, 1.82) is 0 Å². The Bertz CT molecular complexity index is 565. The third kappa shape index (κ3) is 4.01. The minimum atomic E-state index is -3.21. The van der Waals surface area contributed by atoms with Crippen LogP contribution in [0.4, 0.5) is 0 Å². The Hall–Kier alpha value is -1.48. The standard InChI is InChI=1S/C11H19N3O5S/c1-8(2)20(17,18)7-5-14-9(4-6-19-3)10(11(15)16)12-13-14/h8H,4-7H2,1-3H3,(H,15,16). The zero-order valence-corrected chi connectivity index (χ0v) is 12.6. The second-order valence-electron chi connectivity index (χ2n) is 4.57. The molecule has 1 N–H and O–H groups in total. The van der Waals surface area contributed by atoms with Crippen molar-refractivity contribution >= 4 is 15.8 Å². The predicted octanol–water partition coefficient (Wildman–Crippen LogP) is -0.0116. The molecule has 0 aromatic carbocycles. The van der Waals surface area contributed by atoms with E-state index in [2.05, 4.69) is 10.3 Å². The first-order valence-electron chi connectivity index (χ1n) is 6.15. The number of ether oxygens (including phenoxy) is 1. The van der Waals surface area contributed by atoms with Gasteiger partial charge in [0.25, 0.3) is 0 Å². The number of nitrogens with zero attached hydrogens (tertiary/aromatic N) is 3. The summed E-state index contributed by atoms with van der Waals surface area (Å²) in [7, 11) is -1.71. The van der Waals surface area contributed by atoms with Crippen LogP contribution < -0.4 is 0 Å². The second kappa shape index (κ2) is 6.80. The second-order valence-corrected chi connectivity index (χ2v) is 7.25. The monoisotopic (exact) mass is 305 g/mol. The molecule has 1 heterocycles. The Kier molecular flexibility index (Phi) is 5.63. The van der Waals surface area contributed by atoms with Gasteiger partial charge in [-0.2, -0.15) is 0 Å². The molecule has 8 nitrogen and oxygen atoms in total. The van der Waals surface area contributed by atoms with Gasteiger partial charge < -0.3 is 9.84 Å². The maximum absolute atomic E-state index is 11.8. The lowest BCUT2D eigenvalue weighted by molar-refractivity contribution is 0.0688. The third-order valence-corrected chi connectivity index (χ3v) is 5.08. The SMILES string of the molecule is COCCc1c(C(=O)O)nnn1CCS(=O)(=O)C(C)C. The van der Waals surface area contributed by atoms with E-state index in [9.17, 15) is 13.2 Å². The number of rotatable bonds is 8. The number of carbonyl (C=O) groups is 1. The highest BCUT2D eigenvalue weighted by Crippen LogP contribution is 2.09. The summed E-state index contributed by atoms with van der Waals surface area (Å²) in [6.07, 6.45) is 0.312. The van der Waals surface area contributed by atoms with Gasteiger partial charge in [-0.1, -0.05) is 5.21 Å². The van der Waals surface area contributed by atoms with Crippen LogP contribution in [0.5, 0.6) is 0 Å². The molecule has 0 spiro atoms. The summed E-state index contributed by atoms with van der Waals surface area (Å²) < 4.78 is 29.8. The Labute approximate surface area is 117 Å².